The zero-order valence-electron chi connectivity index (χ0n) is 8.38. The van der Waals surface area contributed by atoms with E-state index in [1.165, 1.54) is 11.3 Å². The number of hydrogen-bond donors (Lipinski definition) is 1. The van der Waals surface area contributed by atoms with Gasteiger partial charge >= 0.3 is 0 Å². The monoisotopic (exact) mass is 177 g/mol. The summed E-state index contributed by atoms with van der Waals surface area (Å²) in [5.41, 5.74) is 8.07. The molecule has 71 valence electrons. The minimum Gasteiger partial charge on any atom is -0.372 e. The van der Waals surface area contributed by atoms with E-state index >= 15 is 0 Å². The lowest BCUT2D eigenvalue weighted by molar-refractivity contribution is 0.853. The van der Waals surface area contributed by atoms with Gasteiger partial charge in [-0.3, -0.25) is 0 Å². The van der Waals surface area contributed by atoms with Crippen molar-refractivity contribution < 1.29 is 0 Å². The summed E-state index contributed by atoms with van der Waals surface area (Å²) in [5.74, 6) is 0. The van der Waals surface area contributed by atoms with E-state index in [9.17, 15) is 0 Å². The van der Waals surface area contributed by atoms with E-state index in [2.05, 4.69) is 30.9 Å². The molecule has 0 fully saturated rings. The van der Waals surface area contributed by atoms with Gasteiger partial charge in [0.05, 0.1) is 0 Å². The standard InChI is InChI=1S/C11H17N2/c1-3-13(4-2)11-8-6-5-7-10(11)9-12/h6-8H,3-4,9,12H2,1-2H3. The number of nitrogens with two attached hydrogens (primary N) is 1. The van der Waals surface area contributed by atoms with Gasteiger partial charge in [0.1, 0.15) is 0 Å². The fraction of sp³-hybridized carbons (Fsp3) is 0.455. The SMILES string of the molecule is CCN(CC)c1cc[c]cc1CN. The molecule has 0 saturated carbocycles. The lowest BCUT2D eigenvalue weighted by Gasteiger charge is -2.23. The van der Waals surface area contributed by atoms with E-state index < -0.39 is 0 Å². The van der Waals surface area contributed by atoms with Gasteiger partial charge in [-0.05, 0) is 37.6 Å². The minimum absolute atomic E-state index is 0.586. The Morgan fingerprint density at radius 1 is 1.38 bits per heavy atom. The Morgan fingerprint density at radius 2 is 2.08 bits per heavy atom. The Bertz CT molecular complexity index is 254. The summed E-state index contributed by atoms with van der Waals surface area (Å²) in [4.78, 5) is 2.30. The normalized spacial score (nSPS) is 10.1. The summed E-state index contributed by atoms with van der Waals surface area (Å²) in [5, 5.41) is 0. The smallest absolute Gasteiger partial charge is 0.0411 e. The van der Waals surface area contributed by atoms with Crippen LogP contribution in [0, 0.1) is 6.07 Å². The molecule has 2 nitrogen and oxygen atoms in total. The molecule has 0 saturated heterocycles. The molecule has 1 aromatic carbocycles. The predicted octanol–water partition coefficient (Wildman–Crippen LogP) is 1.79. The highest BCUT2D eigenvalue weighted by molar-refractivity contribution is 5.53. The molecule has 1 radical (unpaired) electrons. The first-order valence-electron chi connectivity index (χ1n) is 4.77. The number of anilines is 1. The van der Waals surface area contributed by atoms with Crippen LogP contribution in [0.3, 0.4) is 0 Å². The maximum atomic E-state index is 5.65. The van der Waals surface area contributed by atoms with Gasteiger partial charge in [0.2, 0.25) is 0 Å². The highest BCUT2D eigenvalue weighted by Gasteiger charge is 2.05. The van der Waals surface area contributed by atoms with Gasteiger partial charge in [-0.15, -0.1) is 0 Å². The van der Waals surface area contributed by atoms with Crippen molar-refractivity contribution >= 4 is 5.69 Å². The maximum Gasteiger partial charge on any atom is 0.0411 e. The van der Waals surface area contributed by atoms with Gasteiger partial charge in [0.25, 0.3) is 0 Å². The van der Waals surface area contributed by atoms with Crippen molar-refractivity contribution in [1.29, 1.82) is 0 Å². The number of rotatable bonds is 4. The van der Waals surface area contributed by atoms with Crippen LogP contribution < -0.4 is 10.6 Å². The fourth-order valence-corrected chi connectivity index (χ4v) is 1.49. The second kappa shape index (κ2) is 4.87. The first-order chi connectivity index (χ1) is 6.33. The van der Waals surface area contributed by atoms with E-state index in [-0.39, 0.29) is 0 Å². The van der Waals surface area contributed by atoms with Crippen LogP contribution in [0.25, 0.3) is 0 Å². The van der Waals surface area contributed by atoms with E-state index in [1.54, 1.807) is 0 Å². The molecule has 0 unspecified atom stereocenters. The van der Waals surface area contributed by atoms with E-state index in [0.717, 1.165) is 13.1 Å². The van der Waals surface area contributed by atoms with Gasteiger partial charge in [0.15, 0.2) is 0 Å². The first kappa shape index (κ1) is 10.1. The van der Waals surface area contributed by atoms with Crippen molar-refractivity contribution in [3.63, 3.8) is 0 Å². The van der Waals surface area contributed by atoms with Gasteiger partial charge in [-0.1, -0.05) is 6.07 Å². The van der Waals surface area contributed by atoms with Crippen molar-refractivity contribution in [2.45, 2.75) is 20.4 Å². The zero-order chi connectivity index (χ0) is 9.68. The van der Waals surface area contributed by atoms with Crippen LogP contribution in [0.2, 0.25) is 0 Å². The van der Waals surface area contributed by atoms with Crippen molar-refractivity contribution in [3.8, 4) is 0 Å². The van der Waals surface area contributed by atoms with Crippen LogP contribution in [0.15, 0.2) is 18.2 Å². The molecule has 0 atom stereocenters. The second-order valence-corrected chi connectivity index (χ2v) is 2.93. The third kappa shape index (κ3) is 2.22. The number of nitrogens with zero attached hydrogens (tertiary/aromatic N) is 1. The Balaban J connectivity index is 2.96. The van der Waals surface area contributed by atoms with E-state index in [1.807, 2.05) is 12.1 Å². The third-order valence-electron chi connectivity index (χ3n) is 2.25. The molecular formula is C11H17N2. The molecule has 1 aromatic rings. The molecule has 2 N–H and O–H groups in total. The Kier molecular flexibility index (Phi) is 3.77. The van der Waals surface area contributed by atoms with Crippen molar-refractivity contribution in [2.75, 3.05) is 18.0 Å². The Hall–Kier alpha value is -1.02. The molecular weight excluding hydrogens is 160 g/mol. The van der Waals surface area contributed by atoms with Gasteiger partial charge < -0.3 is 10.6 Å². The Labute approximate surface area is 80.4 Å². The van der Waals surface area contributed by atoms with Crippen molar-refractivity contribution in [1.82, 2.24) is 0 Å². The lowest BCUT2D eigenvalue weighted by Crippen LogP contribution is -2.23. The minimum atomic E-state index is 0.586. The van der Waals surface area contributed by atoms with Gasteiger partial charge in [-0.25, -0.2) is 0 Å². The molecule has 0 amide bonds. The lowest BCUT2D eigenvalue weighted by atomic mass is 10.1. The zero-order valence-corrected chi connectivity index (χ0v) is 8.38. The fourth-order valence-electron chi connectivity index (χ4n) is 1.49. The summed E-state index contributed by atoms with van der Waals surface area (Å²) in [6, 6.07) is 9.03. The van der Waals surface area contributed by atoms with Gasteiger partial charge in [0, 0.05) is 25.3 Å². The first-order valence-corrected chi connectivity index (χ1v) is 4.77. The van der Waals surface area contributed by atoms with Crippen LogP contribution in [0.1, 0.15) is 19.4 Å². The van der Waals surface area contributed by atoms with Crippen LogP contribution in [0.5, 0.6) is 0 Å². The topological polar surface area (TPSA) is 29.3 Å². The van der Waals surface area contributed by atoms with E-state index in [4.69, 9.17) is 5.73 Å². The molecule has 0 spiro atoms. The van der Waals surface area contributed by atoms with Crippen LogP contribution >= 0.6 is 0 Å². The Morgan fingerprint density at radius 3 is 2.62 bits per heavy atom. The average molecular weight is 177 g/mol. The number of benzene rings is 1. The quantitative estimate of drug-likeness (QED) is 0.759. The predicted molar refractivity (Wildman–Crippen MR) is 56.7 cm³/mol. The highest BCUT2D eigenvalue weighted by atomic mass is 15.1. The molecule has 0 aliphatic rings. The molecule has 0 bridgehead atoms. The maximum absolute atomic E-state index is 5.65. The highest BCUT2D eigenvalue weighted by Crippen LogP contribution is 2.18. The summed E-state index contributed by atoms with van der Waals surface area (Å²) in [7, 11) is 0. The molecule has 0 aromatic heterocycles. The summed E-state index contributed by atoms with van der Waals surface area (Å²) >= 11 is 0. The molecule has 0 aliphatic carbocycles. The number of hydrogen-bond acceptors (Lipinski definition) is 2. The van der Waals surface area contributed by atoms with Crippen LogP contribution in [0.4, 0.5) is 5.69 Å². The van der Waals surface area contributed by atoms with Crippen LogP contribution in [-0.2, 0) is 6.54 Å². The largest absolute Gasteiger partial charge is 0.372 e. The van der Waals surface area contributed by atoms with Crippen molar-refractivity contribution in [2.24, 2.45) is 5.73 Å². The van der Waals surface area contributed by atoms with Crippen molar-refractivity contribution in [3.05, 3.63) is 29.8 Å². The summed E-state index contributed by atoms with van der Waals surface area (Å²) in [6.45, 7) is 6.94. The molecule has 1 rings (SSSR count). The molecule has 13 heavy (non-hydrogen) atoms. The van der Waals surface area contributed by atoms with Gasteiger partial charge in [-0.2, -0.15) is 0 Å². The molecule has 2 heteroatoms. The molecule has 0 heterocycles. The van der Waals surface area contributed by atoms with E-state index in [0.29, 0.717) is 6.54 Å². The molecule has 0 aliphatic heterocycles. The van der Waals surface area contributed by atoms with Crippen LogP contribution in [-0.4, -0.2) is 13.1 Å². The third-order valence-corrected chi connectivity index (χ3v) is 2.25. The average Bonchev–Trinajstić information content (AvgIpc) is 2.20. The summed E-state index contributed by atoms with van der Waals surface area (Å²) in [6.07, 6.45) is 0. The second-order valence-electron chi connectivity index (χ2n) is 2.93. The summed E-state index contributed by atoms with van der Waals surface area (Å²) < 4.78 is 0.